The van der Waals surface area contributed by atoms with Crippen LogP contribution in [0.25, 0.3) is 0 Å². The smallest absolute Gasteiger partial charge is 0.243 e. The zero-order chi connectivity index (χ0) is 21.0. The van der Waals surface area contributed by atoms with Gasteiger partial charge < -0.3 is 9.80 Å². The molecule has 8 heteroatoms. The van der Waals surface area contributed by atoms with E-state index < -0.39 is 10.0 Å². The predicted octanol–water partition coefficient (Wildman–Crippen LogP) is 2.01. The number of sulfonamides is 1. The Kier molecular flexibility index (Phi) is 6.82. The van der Waals surface area contributed by atoms with E-state index in [2.05, 4.69) is 0 Å². The van der Waals surface area contributed by atoms with Gasteiger partial charge in [-0.3, -0.25) is 13.9 Å². The van der Waals surface area contributed by atoms with E-state index in [1.54, 1.807) is 17.0 Å². The van der Waals surface area contributed by atoms with E-state index in [4.69, 9.17) is 0 Å². The molecule has 0 aromatic heterocycles. The predicted molar refractivity (Wildman–Crippen MR) is 113 cm³/mol. The number of para-hydroxylation sites is 1. The Bertz CT molecular complexity index is 841. The minimum absolute atomic E-state index is 0.182. The maximum absolute atomic E-state index is 12.8. The highest BCUT2D eigenvalue weighted by Gasteiger charge is 2.29. The van der Waals surface area contributed by atoms with Gasteiger partial charge in [0.15, 0.2) is 0 Å². The highest BCUT2D eigenvalue weighted by Crippen LogP contribution is 2.28. The van der Waals surface area contributed by atoms with Gasteiger partial charge in [0.2, 0.25) is 21.8 Å². The molecule has 1 saturated heterocycles. The summed E-state index contributed by atoms with van der Waals surface area (Å²) in [7, 11) is -3.59. The third-order valence-electron chi connectivity index (χ3n) is 5.99. The minimum Gasteiger partial charge on any atom is -0.339 e. The molecule has 1 aliphatic heterocycles. The maximum Gasteiger partial charge on any atom is 0.243 e. The lowest BCUT2D eigenvalue weighted by molar-refractivity contribution is -0.139. The van der Waals surface area contributed by atoms with Crippen molar-refractivity contribution in [3.05, 3.63) is 29.8 Å². The topological polar surface area (TPSA) is 78.0 Å². The Morgan fingerprint density at radius 1 is 1.00 bits per heavy atom. The fourth-order valence-electron chi connectivity index (χ4n) is 4.24. The van der Waals surface area contributed by atoms with E-state index >= 15 is 0 Å². The standard InChI is InChI=1S/C21H31N3O4S/c1-17-7-3-6-10-19(17)24(29(2,27)28)16-21(26)23-13-11-22(12-14-23)20(25)15-18-8-4-5-9-18/h3,6-7,10,18H,4-5,8-9,11-16H2,1-2H3. The average Bonchev–Trinajstić information content (AvgIpc) is 3.19. The van der Waals surface area contributed by atoms with Crippen LogP contribution in [0.3, 0.4) is 0 Å². The summed E-state index contributed by atoms with van der Waals surface area (Å²) in [4.78, 5) is 28.8. The largest absolute Gasteiger partial charge is 0.339 e. The lowest BCUT2D eigenvalue weighted by Crippen LogP contribution is -2.53. The molecule has 160 valence electrons. The van der Waals surface area contributed by atoms with Crippen LogP contribution in [0, 0.1) is 12.8 Å². The second-order valence-electron chi connectivity index (χ2n) is 8.17. The molecular weight excluding hydrogens is 390 g/mol. The molecule has 2 amide bonds. The zero-order valence-corrected chi connectivity index (χ0v) is 18.2. The van der Waals surface area contributed by atoms with Crippen LogP contribution in [0.15, 0.2) is 24.3 Å². The van der Waals surface area contributed by atoms with Crippen molar-refractivity contribution in [1.82, 2.24) is 9.80 Å². The summed E-state index contributed by atoms with van der Waals surface area (Å²) >= 11 is 0. The maximum atomic E-state index is 12.8. The summed E-state index contributed by atoms with van der Waals surface area (Å²) in [6, 6.07) is 7.14. The fourth-order valence-corrected chi connectivity index (χ4v) is 5.15. The summed E-state index contributed by atoms with van der Waals surface area (Å²) in [5.74, 6) is 0.461. The van der Waals surface area contributed by atoms with Crippen LogP contribution in [-0.2, 0) is 19.6 Å². The van der Waals surface area contributed by atoms with Crippen molar-refractivity contribution in [2.75, 3.05) is 43.3 Å². The van der Waals surface area contributed by atoms with Gasteiger partial charge in [0, 0.05) is 32.6 Å². The van der Waals surface area contributed by atoms with Crippen molar-refractivity contribution in [3.63, 3.8) is 0 Å². The highest BCUT2D eigenvalue weighted by molar-refractivity contribution is 7.92. The summed E-state index contributed by atoms with van der Waals surface area (Å²) < 4.78 is 25.8. The molecule has 2 aliphatic rings. The summed E-state index contributed by atoms with van der Waals surface area (Å²) in [6.45, 7) is 3.52. The van der Waals surface area contributed by atoms with Crippen molar-refractivity contribution in [1.29, 1.82) is 0 Å². The number of hydrogen-bond acceptors (Lipinski definition) is 4. The Labute approximate surface area is 173 Å². The highest BCUT2D eigenvalue weighted by atomic mass is 32.2. The lowest BCUT2D eigenvalue weighted by atomic mass is 10.0. The molecule has 2 fully saturated rings. The molecule has 1 aliphatic carbocycles. The summed E-state index contributed by atoms with van der Waals surface area (Å²) in [5.41, 5.74) is 1.32. The Hall–Kier alpha value is -2.09. The number of piperazine rings is 1. The first-order valence-electron chi connectivity index (χ1n) is 10.3. The third kappa shape index (κ3) is 5.50. The van der Waals surface area contributed by atoms with E-state index in [1.165, 1.54) is 17.1 Å². The first-order valence-corrected chi connectivity index (χ1v) is 12.2. The van der Waals surface area contributed by atoms with Gasteiger partial charge in [0.25, 0.3) is 0 Å². The molecule has 0 atom stereocenters. The average molecular weight is 422 g/mol. The van der Waals surface area contributed by atoms with E-state index in [9.17, 15) is 18.0 Å². The van der Waals surface area contributed by atoms with Crippen LogP contribution >= 0.6 is 0 Å². The van der Waals surface area contributed by atoms with Gasteiger partial charge in [-0.15, -0.1) is 0 Å². The Morgan fingerprint density at radius 3 is 2.10 bits per heavy atom. The number of rotatable bonds is 6. The first-order chi connectivity index (χ1) is 13.8. The number of amides is 2. The molecule has 7 nitrogen and oxygen atoms in total. The van der Waals surface area contributed by atoms with Gasteiger partial charge in [0.05, 0.1) is 11.9 Å². The van der Waals surface area contributed by atoms with E-state index in [0.717, 1.165) is 24.7 Å². The monoisotopic (exact) mass is 421 g/mol. The van der Waals surface area contributed by atoms with Gasteiger partial charge in [0.1, 0.15) is 6.54 Å². The molecule has 1 heterocycles. The van der Waals surface area contributed by atoms with E-state index in [0.29, 0.717) is 44.2 Å². The van der Waals surface area contributed by atoms with Crippen molar-refractivity contribution in [2.45, 2.75) is 39.0 Å². The molecular formula is C21H31N3O4S. The zero-order valence-electron chi connectivity index (χ0n) is 17.3. The SMILES string of the molecule is Cc1ccccc1N(CC(=O)N1CCN(C(=O)CC2CCCC2)CC1)S(C)(=O)=O. The number of carbonyl (C=O) groups excluding carboxylic acids is 2. The normalized spacial score (nSPS) is 18.1. The number of anilines is 1. The van der Waals surface area contributed by atoms with Crippen molar-refractivity contribution in [2.24, 2.45) is 5.92 Å². The number of aryl methyl sites for hydroxylation is 1. The number of carbonyl (C=O) groups is 2. The molecule has 0 spiro atoms. The molecule has 1 saturated carbocycles. The molecule has 29 heavy (non-hydrogen) atoms. The van der Waals surface area contributed by atoms with Gasteiger partial charge in [-0.2, -0.15) is 0 Å². The number of hydrogen-bond donors (Lipinski definition) is 0. The summed E-state index contributed by atoms with van der Waals surface area (Å²) in [6.07, 6.45) is 6.46. The molecule has 1 aromatic rings. The fraction of sp³-hybridized carbons (Fsp3) is 0.619. The van der Waals surface area contributed by atoms with Gasteiger partial charge in [-0.25, -0.2) is 8.42 Å². The summed E-state index contributed by atoms with van der Waals surface area (Å²) in [5, 5.41) is 0. The molecule has 1 aromatic carbocycles. The van der Waals surface area contributed by atoms with Crippen LogP contribution in [0.2, 0.25) is 0 Å². The van der Waals surface area contributed by atoms with Crippen LogP contribution in [0.4, 0.5) is 5.69 Å². The second-order valence-corrected chi connectivity index (χ2v) is 10.1. The van der Waals surface area contributed by atoms with E-state index in [-0.39, 0.29) is 18.4 Å². The van der Waals surface area contributed by atoms with Gasteiger partial charge in [-0.1, -0.05) is 31.0 Å². The number of benzene rings is 1. The molecule has 0 bridgehead atoms. The second kappa shape index (κ2) is 9.15. The molecule has 0 radical (unpaired) electrons. The van der Waals surface area contributed by atoms with Crippen LogP contribution in [0.5, 0.6) is 0 Å². The van der Waals surface area contributed by atoms with Crippen LogP contribution in [0.1, 0.15) is 37.7 Å². The van der Waals surface area contributed by atoms with Gasteiger partial charge >= 0.3 is 0 Å². The Balaban J connectivity index is 1.58. The third-order valence-corrected chi connectivity index (χ3v) is 7.11. The van der Waals surface area contributed by atoms with Crippen LogP contribution in [-0.4, -0.2) is 69.0 Å². The van der Waals surface area contributed by atoms with Crippen molar-refractivity contribution in [3.8, 4) is 0 Å². The van der Waals surface area contributed by atoms with E-state index in [1.807, 2.05) is 24.0 Å². The molecule has 0 N–H and O–H groups in total. The van der Waals surface area contributed by atoms with Gasteiger partial charge in [-0.05, 0) is 37.3 Å². The number of nitrogens with zero attached hydrogens (tertiary/aromatic N) is 3. The molecule has 0 unspecified atom stereocenters. The lowest BCUT2D eigenvalue weighted by Gasteiger charge is -2.36. The quantitative estimate of drug-likeness (QED) is 0.704. The first kappa shape index (κ1) is 21.6. The minimum atomic E-state index is -3.59. The van der Waals surface area contributed by atoms with Crippen molar-refractivity contribution < 1.29 is 18.0 Å². The molecule has 3 rings (SSSR count). The van der Waals surface area contributed by atoms with Crippen molar-refractivity contribution >= 4 is 27.5 Å². The van der Waals surface area contributed by atoms with Crippen LogP contribution < -0.4 is 4.31 Å². The Morgan fingerprint density at radius 2 is 1.55 bits per heavy atom.